The molecule has 0 saturated heterocycles. The number of ketones is 1. The zero-order chi connectivity index (χ0) is 20.8. The minimum absolute atomic E-state index is 0.0436. The molecule has 0 fully saturated rings. The second-order valence-electron chi connectivity index (χ2n) is 7.35. The van der Waals surface area contributed by atoms with E-state index < -0.39 is 5.92 Å². The molecule has 0 aromatic heterocycles. The standard InChI is InChI=1S/C23H27N3O3/c1-16(2)15-29-22-14-20(21(27)13-17-8-7-11-19(12-17)28-3)23(24)25-26(22)18-9-5-4-6-10-18/h4-12,14,16,20H,13,15H2,1-3H3,(H2,24,25). The van der Waals surface area contributed by atoms with Gasteiger partial charge in [-0.15, -0.1) is 0 Å². The number of ether oxygens (including phenoxy) is 2. The lowest BCUT2D eigenvalue weighted by atomic mass is 9.95. The Morgan fingerprint density at radius 3 is 2.62 bits per heavy atom. The predicted octanol–water partition coefficient (Wildman–Crippen LogP) is 3.73. The van der Waals surface area contributed by atoms with Crippen LogP contribution in [0.15, 0.2) is 71.7 Å². The van der Waals surface area contributed by atoms with Crippen molar-refractivity contribution in [1.29, 1.82) is 0 Å². The number of rotatable bonds is 8. The van der Waals surface area contributed by atoms with Gasteiger partial charge in [0.1, 0.15) is 17.5 Å². The molecular formula is C23H27N3O3. The molecular weight excluding hydrogens is 366 g/mol. The summed E-state index contributed by atoms with van der Waals surface area (Å²) in [5.41, 5.74) is 7.89. The third-order valence-corrected chi connectivity index (χ3v) is 4.48. The highest BCUT2D eigenvalue weighted by atomic mass is 16.5. The average molecular weight is 393 g/mol. The molecule has 0 radical (unpaired) electrons. The van der Waals surface area contributed by atoms with Crippen LogP contribution in [0.1, 0.15) is 19.4 Å². The van der Waals surface area contributed by atoms with Gasteiger partial charge in [0.05, 0.1) is 19.4 Å². The van der Waals surface area contributed by atoms with Crippen LogP contribution in [0.2, 0.25) is 0 Å². The third kappa shape index (κ3) is 5.16. The molecule has 0 saturated carbocycles. The van der Waals surface area contributed by atoms with Crippen LogP contribution in [0.25, 0.3) is 0 Å². The van der Waals surface area contributed by atoms with Crippen molar-refractivity contribution in [2.24, 2.45) is 22.7 Å². The van der Waals surface area contributed by atoms with Gasteiger partial charge in [-0.25, -0.2) is 0 Å². The van der Waals surface area contributed by atoms with Gasteiger partial charge in [-0.3, -0.25) is 4.79 Å². The molecule has 6 nitrogen and oxygen atoms in total. The van der Waals surface area contributed by atoms with E-state index in [9.17, 15) is 4.79 Å². The fourth-order valence-electron chi connectivity index (χ4n) is 2.99. The molecule has 3 rings (SSSR count). The summed E-state index contributed by atoms with van der Waals surface area (Å²) < 4.78 is 11.2. The van der Waals surface area contributed by atoms with Gasteiger partial charge in [-0.1, -0.05) is 44.2 Å². The van der Waals surface area contributed by atoms with Crippen LogP contribution < -0.4 is 15.5 Å². The number of Topliss-reactive ketones (excluding diaryl/α,β-unsaturated/α-hetero) is 1. The summed E-state index contributed by atoms with van der Waals surface area (Å²) in [7, 11) is 1.60. The molecule has 0 spiro atoms. The molecule has 1 atom stereocenters. The fourth-order valence-corrected chi connectivity index (χ4v) is 2.99. The van der Waals surface area contributed by atoms with Crippen LogP contribution in [0.5, 0.6) is 5.75 Å². The van der Waals surface area contributed by atoms with Crippen molar-refractivity contribution in [3.8, 4) is 5.75 Å². The van der Waals surface area contributed by atoms with E-state index in [4.69, 9.17) is 15.2 Å². The largest absolute Gasteiger partial charge is 0.497 e. The smallest absolute Gasteiger partial charge is 0.212 e. The summed E-state index contributed by atoms with van der Waals surface area (Å²) in [4.78, 5) is 13.0. The van der Waals surface area contributed by atoms with Crippen LogP contribution in [-0.2, 0) is 16.0 Å². The fraction of sp³-hybridized carbons (Fsp3) is 0.304. The molecule has 1 aliphatic heterocycles. The highest BCUT2D eigenvalue weighted by Crippen LogP contribution is 2.27. The molecule has 0 amide bonds. The van der Waals surface area contributed by atoms with Gasteiger partial charge < -0.3 is 15.2 Å². The van der Waals surface area contributed by atoms with Crippen LogP contribution >= 0.6 is 0 Å². The Labute approximate surface area is 171 Å². The van der Waals surface area contributed by atoms with Gasteiger partial charge in [0.2, 0.25) is 5.88 Å². The number of para-hydroxylation sites is 1. The summed E-state index contributed by atoms with van der Waals surface area (Å²) >= 11 is 0. The Morgan fingerprint density at radius 1 is 1.17 bits per heavy atom. The molecule has 6 heteroatoms. The molecule has 2 aromatic carbocycles. The SMILES string of the molecule is COc1cccc(CC(=O)C2C=C(OCC(C)C)N(c3ccccc3)N=C2N)c1. The summed E-state index contributed by atoms with van der Waals surface area (Å²) in [6.07, 6.45) is 2.00. The first-order valence-corrected chi connectivity index (χ1v) is 9.67. The van der Waals surface area contributed by atoms with E-state index in [-0.39, 0.29) is 18.0 Å². The monoisotopic (exact) mass is 393 g/mol. The first kappa shape index (κ1) is 20.5. The topological polar surface area (TPSA) is 77.2 Å². The van der Waals surface area contributed by atoms with Crippen LogP contribution in [-0.4, -0.2) is 25.3 Å². The second-order valence-corrected chi connectivity index (χ2v) is 7.35. The van der Waals surface area contributed by atoms with Gasteiger partial charge in [0.15, 0.2) is 5.78 Å². The van der Waals surface area contributed by atoms with Gasteiger partial charge >= 0.3 is 0 Å². The van der Waals surface area contributed by atoms with Crippen molar-refractivity contribution < 1.29 is 14.3 Å². The Balaban J connectivity index is 1.85. The van der Waals surface area contributed by atoms with E-state index in [2.05, 4.69) is 18.9 Å². The minimum Gasteiger partial charge on any atom is -0.497 e. The molecule has 1 heterocycles. The number of hydrogen-bond donors (Lipinski definition) is 1. The summed E-state index contributed by atoms with van der Waals surface area (Å²) in [6, 6.07) is 17.1. The van der Waals surface area contributed by atoms with Crippen molar-refractivity contribution >= 4 is 17.3 Å². The minimum atomic E-state index is -0.636. The normalized spacial score (nSPS) is 16.3. The van der Waals surface area contributed by atoms with E-state index in [0.29, 0.717) is 24.2 Å². The van der Waals surface area contributed by atoms with E-state index >= 15 is 0 Å². The van der Waals surface area contributed by atoms with Crippen LogP contribution in [0.4, 0.5) is 5.69 Å². The number of methoxy groups -OCH3 is 1. The summed E-state index contributed by atoms with van der Waals surface area (Å²) in [5.74, 6) is 1.14. The second kappa shape index (κ2) is 9.28. The Hall–Kier alpha value is -3.28. The van der Waals surface area contributed by atoms with Crippen LogP contribution in [0, 0.1) is 11.8 Å². The maximum Gasteiger partial charge on any atom is 0.212 e. The van der Waals surface area contributed by atoms with Crippen molar-refractivity contribution in [3.05, 3.63) is 72.1 Å². The molecule has 2 aromatic rings. The zero-order valence-corrected chi connectivity index (χ0v) is 17.0. The lowest BCUT2D eigenvalue weighted by Crippen LogP contribution is -2.38. The molecule has 1 aliphatic rings. The van der Waals surface area contributed by atoms with Gasteiger partial charge in [0, 0.05) is 6.42 Å². The number of anilines is 1. The van der Waals surface area contributed by atoms with Gasteiger partial charge in [-0.2, -0.15) is 10.1 Å². The summed E-state index contributed by atoms with van der Waals surface area (Å²) in [5, 5.41) is 6.12. The molecule has 0 aliphatic carbocycles. The highest BCUT2D eigenvalue weighted by Gasteiger charge is 2.29. The quantitative estimate of drug-likeness (QED) is 0.739. The Morgan fingerprint density at radius 2 is 1.93 bits per heavy atom. The number of hydrazone groups is 1. The number of amidine groups is 1. The lowest BCUT2D eigenvalue weighted by Gasteiger charge is -2.29. The van der Waals surface area contributed by atoms with Gasteiger partial charge in [0.25, 0.3) is 0 Å². The van der Waals surface area contributed by atoms with E-state index in [1.54, 1.807) is 18.2 Å². The van der Waals surface area contributed by atoms with Crippen LogP contribution in [0.3, 0.4) is 0 Å². The first-order chi connectivity index (χ1) is 14.0. The van der Waals surface area contributed by atoms with E-state index in [1.807, 2.05) is 54.6 Å². The number of carbonyl (C=O) groups is 1. The van der Waals surface area contributed by atoms with Crippen molar-refractivity contribution in [1.82, 2.24) is 0 Å². The molecule has 1 unspecified atom stereocenters. The number of carbonyl (C=O) groups excluding carboxylic acids is 1. The van der Waals surface area contributed by atoms with E-state index in [1.165, 1.54) is 0 Å². The number of hydrogen-bond acceptors (Lipinski definition) is 6. The van der Waals surface area contributed by atoms with Crippen molar-refractivity contribution in [2.45, 2.75) is 20.3 Å². The predicted molar refractivity (Wildman–Crippen MR) is 115 cm³/mol. The Kier molecular flexibility index (Phi) is 6.54. The molecule has 29 heavy (non-hydrogen) atoms. The lowest BCUT2D eigenvalue weighted by molar-refractivity contribution is -0.119. The zero-order valence-electron chi connectivity index (χ0n) is 17.0. The number of nitrogens with zero attached hydrogens (tertiary/aromatic N) is 2. The van der Waals surface area contributed by atoms with Crippen molar-refractivity contribution in [3.63, 3.8) is 0 Å². The molecule has 2 N–H and O–H groups in total. The molecule has 0 bridgehead atoms. The molecule has 152 valence electrons. The average Bonchev–Trinajstić information content (AvgIpc) is 2.73. The number of nitrogens with two attached hydrogens (primary N) is 1. The summed E-state index contributed by atoms with van der Waals surface area (Å²) in [6.45, 7) is 4.65. The maximum atomic E-state index is 13.0. The van der Waals surface area contributed by atoms with E-state index in [0.717, 1.165) is 11.3 Å². The first-order valence-electron chi connectivity index (χ1n) is 9.67. The van der Waals surface area contributed by atoms with Gasteiger partial charge in [-0.05, 0) is 41.8 Å². The van der Waals surface area contributed by atoms with Crippen molar-refractivity contribution in [2.75, 3.05) is 18.7 Å². The maximum absolute atomic E-state index is 13.0. The Bertz CT molecular complexity index is 907. The third-order valence-electron chi connectivity index (χ3n) is 4.48. The number of benzene rings is 2. The highest BCUT2D eigenvalue weighted by molar-refractivity contribution is 6.06.